The van der Waals surface area contributed by atoms with E-state index >= 15 is 0 Å². The van der Waals surface area contributed by atoms with Crippen molar-refractivity contribution in [1.82, 2.24) is 9.62 Å². The molecular weight excluding hydrogens is 392 g/mol. The van der Waals surface area contributed by atoms with Crippen molar-refractivity contribution in [3.05, 3.63) is 52.2 Å². The van der Waals surface area contributed by atoms with Gasteiger partial charge in [0, 0.05) is 23.5 Å². The molecule has 0 spiro atoms. The lowest BCUT2D eigenvalue weighted by Crippen LogP contribution is -2.38. The van der Waals surface area contributed by atoms with Crippen LogP contribution in [-0.4, -0.2) is 31.7 Å². The molecule has 1 fully saturated rings. The van der Waals surface area contributed by atoms with Crippen LogP contribution in [0.3, 0.4) is 0 Å². The minimum absolute atomic E-state index is 0.0339. The predicted molar refractivity (Wildman–Crippen MR) is 113 cm³/mol. The number of amides is 1. The van der Waals surface area contributed by atoms with Crippen molar-refractivity contribution in [2.45, 2.75) is 62.4 Å². The molecule has 2 aromatic rings. The van der Waals surface area contributed by atoms with E-state index < -0.39 is 10.0 Å². The Kier molecular flexibility index (Phi) is 6.91. The molecule has 1 saturated carbocycles. The van der Waals surface area contributed by atoms with Gasteiger partial charge in [0.05, 0.1) is 10.9 Å². The number of carbonyl (C=O) groups is 1. The minimum Gasteiger partial charge on any atom is -0.344 e. The number of nitrogens with zero attached hydrogens (tertiary/aromatic N) is 1. The molecule has 1 aliphatic carbocycles. The van der Waals surface area contributed by atoms with Crippen LogP contribution >= 0.6 is 11.3 Å². The number of rotatable bonds is 7. The van der Waals surface area contributed by atoms with Crippen LogP contribution in [0.4, 0.5) is 0 Å². The molecule has 152 valence electrons. The number of nitrogens with one attached hydrogen (secondary N) is 1. The molecule has 28 heavy (non-hydrogen) atoms. The van der Waals surface area contributed by atoms with Gasteiger partial charge in [-0.05, 0) is 55.0 Å². The maximum absolute atomic E-state index is 12.9. The standard InChI is InChI=1S/C21H28N2O3S2/c1-3-19(20-10-7-15-27-20)22-21(24)16-11-13-18(14-12-16)28(25,26)23(2)17-8-5-4-6-9-17/h7,10-15,17,19H,3-6,8-9H2,1-2H3,(H,22,24). The van der Waals surface area contributed by atoms with Crippen LogP contribution in [0.25, 0.3) is 0 Å². The summed E-state index contributed by atoms with van der Waals surface area (Å²) < 4.78 is 27.3. The monoisotopic (exact) mass is 420 g/mol. The Bertz CT molecular complexity index is 871. The summed E-state index contributed by atoms with van der Waals surface area (Å²) in [5.41, 5.74) is 0.467. The summed E-state index contributed by atoms with van der Waals surface area (Å²) in [6.07, 6.45) is 5.96. The van der Waals surface area contributed by atoms with E-state index in [0.29, 0.717) is 5.56 Å². The molecule has 1 aliphatic rings. The zero-order valence-electron chi connectivity index (χ0n) is 16.4. The lowest BCUT2D eigenvalue weighted by Gasteiger charge is -2.30. The van der Waals surface area contributed by atoms with Crippen LogP contribution in [0.2, 0.25) is 0 Å². The summed E-state index contributed by atoms with van der Waals surface area (Å²) in [5, 5.41) is 5.02. The smallest absolute Gasteiger partial charge is 0.251 e. The second kappa shape index (κ2) is 9.20. The van der Waals surface area contributed by atoms with Gasteiger partial charge in [-0.25, -0.2) is 8.42 Å². The highest BCUT2D eigenvalue weighted by Gasteiger charge is 2.29. The van der Waals surface area contributed by atoms with Crippen molar-refractivity contribution in [1.29, 1.82) is 0 Å². The molecule has 5 nitrogen and oxygen atoms in total. The number of hydrogen-bond donors (Lipinski definition) is 1. The van der Waals surface area contributed by atoms with E-state index in [0.717, 1.165) is 37.0 Å². The topological polar surface area (TPSA) is 66.5 Å². The summed E-state index contributed by atoms with van der Waals surface area (Å²) in [5.74, 6) is -0.190. The number of benzene rings is 1. The zero-order chi connectivity index (χ0) is 20.1. The Morgan fingerprint density at radius 2 is 1.86 bits per heavy atom. The highest BCUT2D eigenvalue weighted by atomic mass is 32.2. The molecular formula is C21H28N2O3S2. The van der Waals surface area contributed by atoms with E-state index in [1.165, 1.54) is 22.9 Å². The fourth-order valence-corrected chi connectivity index (χ4v) is 5.97. The molecule has 1 atom stereocenters. The van der Waals surface area contributed by atoms with Crippen LogP contribution < -0.4 is 5.32 Å². The Balaban J connectivity index is 1.70. The fourth-order valence-electron chi connectivity index (χ4n) is 3.69. The van der Waals surface area contributed by atoms with Gasteiger partial charge < -0.3 is 5.32 Å². The van der Waals surface area contributed by atoms with Crippen molar-refractivity contribution in [2.24, 2.45) is 0 Å². The van der Waals surface area contributed by atoms with Gasteiger partial charge in [-0.1, -0.05) is 32.3 Å². The van der Waals surface area contributed by atoms with E-state index in [2.05, 4.69) is 5.32 Å². The molecule has 1 aromatic carbocycles. The van der Waals surface area contributed by atoms with Crippen molar-refractivity contribution >= 4 is 27.3 Å². The van der Waals surface area contributed by atoms with Crippen LogP contribution in [-0.2, 0) is 10.0 Å². The van der Waals surface area contributed by atoms with Crippen molar-refractivity contribution in [3.63, 3.8) is 0 Å². The van der Waals surface area contributed by atoms with Crippen LogP contribution in [0.1, 0.15) is 66.7 Å². The van der Waals surface area contributed by atoms with Gasteiger partial charge in [-0.3, -0.25) is 4.79 Å². The third-order valence-electron chi connectivity index (χ3n) is 5.48. The van der Waals surface area contributed by atoms with Crippen molar-refractivity contribution in [3.8, 4) is 0 Å². The van der Waals surface area contributed by atoms with Gasteiger partial charge in [0.25, 0.3) is 5.91 Å². The quantitative estimate of drug-likeness (QED) is 0.713. The molecule has 7 heteroatoms. The maximum Gasteiger partial charge on any atom is 0.251 e. The van der Waals surface area contributed by atoms with Gasteiger partial charge in [0.15, 0.2) is 0 Å². The van der Waals surface area contributed by atoms with E-state index in [1.807, 2.05) is 24.4 Å². The molecule has 0 radical (unpaired) electrons. The fraction of sp³-hybridized carbons (Fsp3) is 0.476. The maximum atomic E-state index is 12.9. The third-order valence-corrected chi connectivity index (χ3v) is 8.39. The first-order chi connectivity index (χ1) is 13.4. The molecule has 0 saturated heterocycles. The van der Waals surface area contributed by atoms with Gasteiger partial charge in [-0.15, -0.1) is 11.3 Å². The van der Waals surface area contributed by atoms with E-state index in [9.17, 15) is 13.2 Å². The molecule has 1 unspecified atom stereocenters. The van der Waals surface area contributed by atoms with E-state index in [4.69, 9.17) is 0 Å². The van der Waals surface area contributed by atoms with Crippen LogP contribution in [0.5, 0.6) is 0 Å². The zero-order valence-corrected chi connectivity index (χ0v) is 18.1. The lowest BCUT2D eigenvalue weighted by atomic mass is 9.96. The van der Waals surface area contributed by atoms with Gasteiger partial charge >= 0.3 is 0 Å². The first-order valence-corrected chi connectivity index (χ1v) is 12.2. The Labute approximate surface area is 171 Å². The molecule has 0 bridgehead atoms. The highest BCUT2D eigenvalue weighted by molar-refractivity contribution is 7.89. The molecule has 3 rings (SSSR count). The number of carbonyl (C=O) groups excluding carboxylic acids is 1. The predicted octanol–water partition coefficient (Wildman–Crippen LogP) is 4.58. The van der Waals surface area contributed by atoms with Gasteiger partial charge in [0.1, 0.15) is 0 Å². The van der Waals surface area contributed by atoms with E-state index in [-0.39, 0.29) is 22.9 Å². The Morgan fingerprint density at radius 1 is 1.18 bits per heavy atom. The first kappa shape index (κ1) is 21.0. The Morgan fingerprint density at radius 3 is 2.43 bits per heavy atom. The second-order valence-corrected chi connectivity index (χ2v) is 10.3. The third kappa shape index (κ3) is 4.64. The average molecular weight is 421 g/mol. The Hall–Kier alpha value is -1.70. The molecule has 1 heterocycles. The number of thiophene rings is 1. The number of sulfonamides is 1. The SMILES string of the molecule is CCC(NC(=O)c1ccc(S(=O)(=O)N(C)C2CCCCC2)cc1)c1cccs1. The molecule has 1 amide bonds. The average Bonchev–Trinajstić information content (AvgIpc) is 3.26. The highest BCUT2D eigenvalue weighted by Crippen LogP contribution is 2.27. The summed E-state index contributed by atoms with van der Waals surface area (Å²) in [4.78, 5) is 13.9. The summed E-state index contributed by atoms with van der Waals surface area (Å²) in [6, 6.07) is 10.3. The molecule has 1 N–H and O–H groups in total. The van der Waals surface area contributed by atoms with Crippen LogP contribution in [0.15, 0.2) is 46.7 Å². The summed E-state index contributed by atoms with van der Waals surface area (Å²) in [7, 11) is -1.88. The number of hydrogen-bond acceptors (Lipinski definition) is 4. The van der Waals surface area contributed by atoms with Crippen molar-refractivity contribution < 1.29 is 13.2 Å². The molecule has 0 aliphatic heterocycles. The van der Waals surface area contributed by atoms with Crippen LogP contribution in [0, 0.1) is 0 Å². The first-order valence-electron chi connectivity index (χ1n) is 9.86. The summed E-state index contributed by atoms with van der Waals surface area (Å²) in [6.45, 7) is 2.03. The van der Waals surface area contributed by atoms with E-state index in [1.54, 1.807) is 30.5 Å². The normalized spacial score (nSPS) is 16.8. The van der Waals surface area contributed by atoms with Gasteiger partial charge in [0.2, 0.25) is 10.0 Å². The molecule has 1 aromatic heterocycles. The second-order valence-electron chi connectivity index (χ2n) is 7.29. The lowest BCUT2D eigenvalue weighted by molar-refractivity contribution is 0.0936. The minimum atomic E-state index is -3.54. The van der Waals surface area contributed by atoms with Crippen molar-refractivity contribution in [2.75, 3.05) is 7.05 Å². The largest absolute Gasteiger partial charge is 0.344 e. The van der Waals surface area contributed by atoms with Gasteiger partial charge in [-0.2, -0.15) is 4.31 Å². The summed E-state index contributed by atoms with van der Waals surface area (Å²) >= 11 is 1.62.